The molecule has 0 amide bonds. The van der Waals surface area contributed by atoms with Crippen molar-refractivity contribution in [2.45, 2.75) is 4.43 Å². The highest BCUT2D eigenvalue weighted by Crippen LogP contribution is 2.02. The predicted molar refractivity (Wildman–Crippen MR) is 55.3 cm³/mol. The van der Waals surface area contributed by atoms with E-state index in [1.165, 1.54) is 5.56 Å². The highest BCUT2D eigenvalue weighted by Gasteiger charge is 1.81. The Labute approximate surface area is 72.8 Å². The molecule has 0 fully saturated rings. The molecular formula is C7H10IP. The van der Waals surface area contributed by atoms with E-state index in [-0.39, 0.29) is 9.90 Å². The summed E-state index contributed by atoms with van der Waals surface area (Å²) in [5.74, 6) is 0. The average Bonchev–Trinajstić information content (AvgIpc) is 1.90. The summed E-state index contributed by atoms with van der Waals surface area (Å²) < 4.78 is 1.11. The van der Waals surface area contributed by atoms with Crippen molar-refractivity contribution in [2.24, 2.45) is 0 Å². The Morgan fingerprint density at radius 1 is 1.11 bits per heavy atom. The van der Waals surface area contributed by atoms with Gasteiger partial charge < -0.3 is 0 Å². The van der Waals surface area contributed by atoms with E-state index in [1.54, 1.807) is 0 Å². The van der Waals surface area contributed by atoms with Gasteiger partial charge in [-0.15, -0.1) is 0 Å². The van der Waals surface area contributed by atoms with Crippen molar-refractivity contribution in [1.29, 1.82) is 0 Å². The van der Waals surface area contributed by atoms with Crippen LogP contribution in [0.15, 0.2) is 30.3 Å². The van der Waals surface area contributed by atoms with Crippen LogP contribution < -0.4 is 0 Å². The van der Waals surface area contributed by atoms with Gasteiger partial charge in [0, 0.05) is 4.43 Å². The molecule has 0 aliphatic rings. The minimum atomic E-state index is 0. The summed E-state index contributed by atoms with van der Waals surface area (Å²) in [4.78, 5) is 0. The van der Waals surface area contributed by atoms with Crippen molar-refractivity contribution in [3.05, 3.63) is 35.9 Å². The minimum absolute atomic E-state index is 0. The van der Waals surface area contributed by atoms with Crippen LogP contribution in [0.1, 0.15) is 5.56 Å². The van der Waals surface area contributed by atoms with Crippen LogP contribution in [0.25, 0.3) is 0 Å². The van der Waals surface area contributed by atoms with Gasteiger partial charge >= 0.3 is 0 Å². The van der Waals surface area contributed by atoms with Crippen LogP contribution in [0.5, 0.6) is 0 Å². The SMILES string of the molecule is ICc1ccccc1.P. The molecule has 0 saturated carbocycles. The predicted octanol–water partition coefficient (Wildman–Crippen LogP) is 2.68. The normalized spacial score (nSPS) is 8.11. The Hall–Kier alpha value is 0.380. The Morgan fingerprint density at radius 3 is 2.00 bits per heavy atom. The molecule has 1 aromatic carbocycles. The van der Waals surface area contributed by atoms with Gasteiger partial charge in [-0.1, -0.05) is 52.9 Å². The second-order valence-electron chi connectivity index (χ2n) is 1.62. The molecule has 0 heterocycles. The summed E-state index contributed by atoms with van der Waals surface area (Å²) in [7, 11) is 0. The van der Waals surface area contributed by atoms with E-state index in [2.05, 4.69) is 46.9 Å². The van der Waals surface area contributed by atoms with Gasteiger partial charge in [0.2, 0.25) is 0 Å². The molecule has 0 nitrogen and oxygen atoms in total. The van der Waals surface area contributed by atoms with Gasteiger partial charge in [0.1, 0.15) is 0 Å². The molecule has 1 unspecified atom stereocenters. The molecule has 0 aliphatic carbocycles. The Kier molecular flexibility index (Phi) is 5.41. The summed E-state index contributed by atoms with van der Waals surface area (Å²) >= 11 is 2.35. The molecule has 0 N–H and O–H groups in total. The number of hydrogen-bond acceptors (Lipinski definition) is 0. The lowest BCUT2D eigenvalue weighted by Crippen LogP contribution is -1.70. The average molecular weight is 252 g/mol. The largest absolute Gasteiger partial charge is 0.153 e. The molecule has 1 aromatic rings. The fourth-order valence-electron chi connectivity index (χ4n) is 0.567. The van der Waals surface area contributed by atoms with Gasteiger partial charge in [-0.25, -0.2) is 0 Å². The van der Waals surface area contributed by atoms with Crippen LogP contribution in [0.3, 0.4) is 0 Å². The quantitative estimate of drug-likeness (QED) is 0.409. The Balaban J connectivity index is 0.000000640. The summed E-state index contributed by atoms with van der Waals surface area (Å²) in [5.41, 5.74) is 1.40. The highest BCUT2D eigenvalue weighted by molar-refractivity contribution is 14.1. The smallest absolute Gasteiger partial charge is 0.0247 e. The van der Waals surface area contributed by atoms with Gasteiger partial charge in [0.15, 0.2) is 0 Å². The summed E-state index contributed by atoms with van der Waals surface area (Å²) in [5, 5.41) is 0. The van der Waals surface area contributed by atoms with Gasteiger partial charge in [0.25, 0.3) is 0 Å². The van der Waals surface area contributed by atoms with Gasteiger partial charge in [-0.2, -0.15) is 9.90 Å². The molecule has 0 aromatic heterocycles. The third kappa shape index (κ3) is 3.17. The zero-order valence-corrected chi connectivity index (χ0v) is 8.75. The maximum Gasteiger partial charge on any atom is 0.0247 e. The monoisotopic (exact) mass is 252 g/mol. The van der Waals surface area contributed by atoms with Crippen LogP contribution in [0, 0.1) is 0 Å². The van der Waals surface area contributed by atoms with E-state index in [1.807, 2.05) is 6.07 Å². The first-order valence-electron chi connectivity index (χ1n) is 2.53. The number of hydrogen-bond donors (Lipinski definition) is 0. The third-order valence-electron chi connectivity index (χ3n) is 0.997. The van der Waals surface area contributed by atoms with E-state index < -0.39 is 0 Å². The zero-order chi connectivity index (χ0) is 5.82. The first-order chi connectivity index (χ1) is 3.93. The van der Waals surface area contributed by atoms with E-state index in [9.17, 15) is 0 Å². The van der Waals surface area contributed by atoms with E-state index in [4.69, 9.17) is 0 Å². The molecular weight excluding hydrogens is 242 g/mol. The highest BCUT2D eigenvalue weighted by atomic mass is 127. The minimum Gasteiger partial charge on any atom is -0.153 e. The lowest BCUT2D eigenvalue weighted by Gasteiger charge is -1.88. The second kappa shape index (κ2) is 5.19. The zero-order valence-electron chi connectivity index (χ0n) is 5.18. The molecule has 1 atom stereocenters. The molecule has 1 rings (SSSR count). The van der Waals surface area contributed by atoms with Crippen LogP contribution in [-0.2, 0) is 4.43 Å². The lowest BCUT2D eigenvalue weighted by atomic mass is 10.2. The fourth-order valence-corrected chi connectivity index (χ4v) is 1.08. The molecule has 0 bridgehead atoms. The van der Waals surface area contributed by atoms with Gasteiger partial charge in [-0.3, -0.25) is 0 Å². The molecule has 9 heavy (non-hydrogen) atoms. The summed E-state index contributed by atoms with van der Waals surface area (Å²) in [6.07, 6.45) is 0. The van der Waals surface area contributed by atoms with Crippen molar-refractivity contribution >= 4 is 32.5 Å². The van der Waals surface area contributed by atoms with Crippen molar-refractivity contribution in [3.8, 4) is 0 Å². The number of benzene rings is 1. The van der Waals surface area contributed by atoms with Crippen LogP contribution in [0.2, 0.25) is 0 Å². The summed E-state index contributed by atoms with van der Waals surface area (Å²) in [6.45, 7) is 0. The van der Waals surface area contributed by atoms with Crippen molar-refractivity contribution in [1.82, 2.24) is 0 Å². The Morgan fingerprint density at radius 2 is 1.67 bits per heavy atom. The van der Waals surface area contributed by atoms with E-state index in [0.29, 0.717) is 0 Å². The molecule has 50 valence electrons. The van der Waals surface area contributed by atoms with E-state index in [0.717, 1.165) is 4.43 Å². The second-order valence-corrected chi connectivity index (χ2v) is 2.38. The molecule has 0 saturated heterocycles. The molecule has 0 radical (unpaired) electrons. The number of alkyl halides is 1. The maximum absolute atomic E-state index is 2.35. The van der Waals surface area contributed by atoms with Gasteiger partial charge in [-0.05, 0) is 5.56 Å². The van der Waals surface area contributed by atoms with Gasteiger partial charge in [0.05, 0.1) is 0 Å². The van der Waals surface area contributed by atoms with Crippen molar-refractivity contribution < 1.29 is 0 Å². The topological polar surface area (TPSA) is 0 Å². The maximum atomic E-state index is 2.35. The third-order valence-corrected chi connectivity index (χ3v) is 1.88. The first kappa shape index (κ1) is 9.38. The number of rotatable bonds is 1. The van der Waals surface area contributed by atoms with Crippen molar-refractivity contribution in [3.63, 3.8) is 0 Å². The van der Waals surface area contributed by atoms with Crippen LogP contribution in [0.4, 0.5) is 0 Å². The standard InChI is InChI=1S/C7H7I.H3P/c8-6-7-4-2-1-3-5-7;/h1-5H,6H2;1H3. The molecule has 0 aliphatic heterocycles. The number of halogens is 1. The molecule has 2 heteroatoms. The van der Waals surface area contributed by atoms with E-state index >= 15 is 0 Å². The first-order valence-corrected chi connectivity index (χ1v) is 4.06. The fraction of sp³-hybridized carbons (Fsp3) is 0.143. The van der Waals surface area contributed by atoms with Crippen LogP contribution in [-0.4, -0.2) is 0 Å². The van der Waals surface area contributed by atoms with Crippen molar-refractivity contribution in [2.75, 3.05) is 0 Å². The summed E-state index contributed by atoms with van der Waals surface area (Å²) in [6, 6.07) is 10.4. The van der Waals surface area contributed by atoms with Crippen LogP contribution >= 0.6 is 32.5 Å². The Bertz CT molecular complexity index is 150. The lowest BCUT2D eigenvalue weighted by molar-refractivity contribution is 1.46. The molecule has 0 spiro atoms.